The first-order chi connectivity index (χ1) is 22.5. The highest BCUT2D eigenvalue weighted by Crippen LogP contribution is 2.29. The lowest BCUT2D eigenvalue weighted by Crippen LogP contribution is -2.31. The first kappa shape index (κ1) is 30.3. The summed E-state index contributed by atoms with van der Waals surface area (Å²) in [5.74, 6) is 0.502. The Labute approximate surface area is 266 Å². The van der Waals surface area contributed by atoms with Crippen molar-refractivity contribution in [1.82, 2.24) is 9.88 Å². The summed E-state index contributed by atoms with van der Waals surface area (Å²) in [5.41, 5.74) is 4.19. The summed E-state index contributed by atoms with van der Waals surface area (Å²) in [6.45, 7) is 2.46. The second-order valence-corrected chi connectivity index (χ2v) is 10.6. The molecule has 1 aliphatic heterocycles. The van der Waals surface area contributed by atoms with E-state index in [0.717, 1.165) is 27.7 Å². The molecule has 0 saturated heterocycles. The third kappa shape index (κ3) is 6.99. The molecular weight excluding hydrogens is 584 g/mol. The molecule has 232 valence electrons. The summed E-state index contributed by atoms with van der Waals surface area (Å²) in [7, 11) is 0. The molecule has 4 aromatic carbocycles. The molecule has 46 heavy (non-hydrogen) atoms. The Bertz CT molecular complexity index is 1870. The number of carbonyl (C=O) groups excluding carboxylic acids is 3. The molecule has 0 fully saturated rings. The minimum Gasteiger partial charge on any atom is -0.488 e. The number of para-hydroxylation sites is 1. The van der Waals surface area contributed by atoms with Gasteiger partial charge in [-0.2, -0.15) is 0 Å². The highest BCUT2D eigenvalue weighted by molar-refractivity contribution is 6.21. The van der Waals surface area contributed by atoms with Crippen molar-refractivity contribution >= 4 is 28.7 Å². The normalized spacial score (nSPS) is 12.2. The minimum atomic E-state index is -0.477. The fourth-order valence-electron chi connectivity index (χ4n) is 5.22. The Morgan fingerprint density at radius 3 is 2.30 bits per heavy atom. The molecule has 0 bridgehead atoms. The lowest BCUT2D eigenvalue weighted by atomic mass is 10.1. The van der Waals surface area contributed by atoms with Gasteiger partial charge in [0, 0.05) is 18.0 Å². The van der Waals surface area contributed by atoms with Crippen LogP contribution in [0.25, 0.3) is 10.9 Å². The smallest absolute Gasteiger partial charge is 0.344 e. The maximum Gasteiger partial charge on any atom is 0.344 e. The summed E-state index contributed by atoms with van der Waals surface area (Å²) in [4.78, 5) is 43.6. The molecule has 9 heteroatoms. The number of esters is 1. The van der Waals surface area contributed by atoms with Crippen LogP contribution in [-0.2, 0) is 29.2 Å². The average molecular weight is 617 g/mol. The average Bonchev–Trinajstić information content (AvgIpc) is 3.33. The van der Waals surface area contributed by atoms with E-state index >= 15 is 0 Å². The molecule has 1 aromatic heterocycles. The van der Waals surface area contributed by atoms with Crippen LogP contribution in [0, 0.1) is 0 Å². The molecule has 0 aliphatic carbocycles. The van der Waals surface area contributed by atoms with Gasteiger partial charge in [-0.25, -0.2) is 9.78 Å². The van der Waals surface area contributed by atoms with Gasteiger partial charge in [0.25, 0.3) is 11.8 Å². The molecular formula is C37H32N2O7. The lowest BCUT2D eigenvalue weighted by Gasteiger charge is -2.17. The minimum absolute atomic E-state index is 0.178. The lowest BCUT2D eigenvalue weighted by molar-refractivity contribution is -0.145. The van der Waals surface area contributed by atoms with Crippen LogP contribution in [0.2, 0.25) is 0 Å². The monoisotopic (exact) mass is 616 g/mol. The van der Waals surface area contributed by atoms with Gasteiger partial charge < -0.3 is 18.9 Å². The fourth-order valence-corrected chi connectivity index (χ4v) is 5.22. The van der Waals surface area contributed by atoms with E-state index in [2.05, 4.69) is 4.98 Å². The molecule has 0 unspecified atom stereocenters. The molecule has 0 radical (unpaired) electrons. The van der Waals surface area contributed by atoms with Crippen molar-refractivity contribution in [3.8, 4) is 17.2 Å². The zero-order chi connectivity index (χ0) is 31.9. The van der Waals surface area contributed by atoms with Gasteiger partial charge >= 0.3 is 5.97 Å². The summed E-state index contributed by atoms with van der Waals surface area (Å²) in [5, 5.41) is 1.07. The number of hydrogen-bond acceptors (Lipinski definition) is 8. The van der Waals surface area contributed by atoms with E-state index in [1.54, 1.807) is 43.3 Å². The first-order valence-corrected chi connectivity index (χ1v) is 15.0. The third-order valence-corrected chi connectivity index (χ3v) is 7.52. The van der Waals surface area contributed by atoms with Crippen LogP contribution in [-0.4, -0.2) is 47.4 Å². The molecule has 5 aromatic rings. The number of rotatable bonds is 13. The third-order valence-electron chi connectivity index (χ3n) is 7.52. The maximum absolute atomic E-state index is 12.9. The maximum atomic E-state index is 12.9. The Morgan fingerprint density at radius 2 is 1.50 bits per heavy atom. The zero-order valence-corrected chi connectivity index (χ0v) is 25.3. The predicted octanol–water partition coefficient (Wildman–Crippen LogP) is 6.17. The molecule has 0 saturated carbocycles. The molecule has 2 amide bonds. The zero-order valence-electron chi connectivity index (χ0n) is 25.3. The Kier molecular flexibility index (Phi) is 9.19. The van der Waals surface area contributed by atoms with Crippen LogP contribution in [0.3, 0.4) is 0 Å². The fraction of sp³-hybridized carbons (Fsp3) is 0.189. The topological polar surface area (TPSA) is 104 Å². The highest BCUT2D eigenvalue weighted by Gasteiger charge is 2.34. The van der Waals surface area contributed by atoms with Crippen LogP contribution < -0.4 is 14.2 Å². The van der Waals surface area contributed by atoms with Crippen molar-refractivity contribution in [3.63, 3.8) is 0 Å². The number of hydrogen-bond donors (Lipinski definition) is 0. The van der Waals surface area contributed by atoms with E-state index in [9.17, 15) is 14.4 Å². The number of imide groups is 1. The van der Waals surface area contributed by atoms with Crippen LogP contribution in [0.5, 0.6) is 17.2 Å². The number of nitrogens with zero attached hydrogens (tertiary/aromatic N) is 2. The van der Waals surface area contributed by atoms with Crippen LogP contribution in [0.1, 0.15) is 44.5 Å². The Morgan fingerprint density at radius 1 is 0.739 bits per heavy atom. The number of ether oxygens (including phenoxy) is 4. The second-order valence-electron chi connectivity index (χ2n) is 10.6. The molecule has 0 N–H and O–H groups in total. The van der Waals surface area contributed by atoms with Crippen molar-refractivity contribution in [3.05, 3.63) is 131 Å². The predicted molar refractivity (Wildman–Crippen MR) is 171 cm³/mol. The van der Waals surface area contributed by atoms with Crippen LogP contribution in [0.15, 0.2) is 103 Å². The van der Waals surface area contributed by atoms with Crippen molar-refractivity contribution < 1.29 is 33.3 Å². The van der Waals surface area contributed by atoms with Gasteiger partial charge in [0.1, 0.15) is 30.5 Å². The van der Waals surface area contributed by atoms with Gasteiger partial charge in [0.05, 0.1) is 28.9 Å². The van der Waals surface area contributed by atoms with Crippen LogP contribution in [0.4, 0.5) is 0 Å². The van der Waals surface area contributed by atoms with E-state index in [1.165, 1.54) is 4.90 Å². The van der Waals surface area contributed by atoms with E-state index in [0.29, 0.717) is 41.4 Å². The van der Waals surface area contributed by atoms with Crippen molar-refractivity contribution in [2.24, 2.45) is 0 Å². The number of aromatic nitrogens is 1. The van der Waals surface area contributed by atoms with E-state index < -0.39 is 5.97 Å². The van der Waals surface area contributed by atoms with Gasteiger partial charge in [0.2, 0.25) is 0 Å². The number of pyridine rings is 1. The van der Waals surface area contributed by atoms with Gasteiger partial charge in [-0.3, -0.25) is 14.5 Å². The number of fused-ring (bicyclic) bond motifs is 2. The SMILES string of the molecule is CCOC(=O)COc1ccc(CCN2C(=O)c3ccccc3C2=O)c(OCc2cccc(OCc3ccc4ccccc4n3)c2)c1. The van der Waals surface area contributed by atoms with Gasteiger partial charge in [-0.1, -0.05) is 54.6 Å². The molecule has 2 heterocycles. The van der Waals surface area contributed by atoms with Crippen LogP contribution >= 0.6 is 0 Å². The highest BCUT2D eigenvalue weighted by atomic mass is 16.6. The number of carbonyl (C=O) groups is 3. The second kappa shape index (κ2) is 13.9. The summed E-state index contributed by atoms with van der Waals surface area (Å²) >= 11 is 0. The Hall–Kier alpha value is -5.70. The standard InChI is InChI=1S/C37H32N2O7/c1-2-43-35(40)24-45-30-17-15-27(18-19-39-36(41)31-11-4-5-12-32(31)37(39)42)34(21-30)46-22-25-8-7-10-29(20-25)44-23-28-16-14-26-9-3-6-13-33(26)38-28/h3-17,20-21H,2,18-19,22-24H2,1H3. The summed E-state index contributed by atoms with van der Waals surface area (Å²) < 4.78 is 22.9. The number of benzene rings is 4. The molecule has 0 atom stereocenters. The first-order valence-electron chi connectivity index (χ1n) is 15.0. The molecule has 0 spiro atoms. The molecule has 1 aliphatic rings. The summed E-state index contributed by atoms with van der Waals surface area (Å²) in [6, 6.07) is 31.6. The van der Waals surface area contributed by atoms with Gasteiger partial charge in [0.15, 0.2) is 6.61 Å². The van der Waals surface area contributed by atoms with Gasteiger partial charge in [-0.15, -0.1) is 0 Å². The van der Waals surface area contributed by atoms with Crippen molar-refractivity contribution in [2.45, 2.75) is 26.6 Å². The molecule has 6 rings (SSSR count). The van der Waals surface area contributed by atoms with Gasteiger partial charge in [-0.05, 0) is 66.9 Å². The summed E-state index contributed by atoms with van der Waals surface area (Å²) in [6.07, 6.45) is 0.362. The van der Waals surface area contributed by atoms with E-state index in [4.69, 9.17) is 18.9 Å². The molecule has 9 nitrogen and oxygen atoms in total. The quantitative estimate of drug-likeness (QED) is 0.114. The van der Waals surface area contributed by atoms with E-state index in [-0.39, 0.29) is 38.2 Å². The van der Waals surface area contributed by atoms with Crippen molar-refractivity contribution in [2.75, 3.05) is 19.8 Å². The van der Waals surface area contributed by atoms with Crippen molar-refractivity contribution in [1.29, 1.82) is 0 Å². The number of amides is 2. The largest absolute Gasteiger partial charge is 0.488 e. The Balaban J connectivity index is 1.14. The van der Waals surface area contributed by atoms with E-state index in [1.807, 2.05) is 66.7 Å².